The molecule has 1 fully saturated rings. The SMILES string of the molecule is CC1CCC(NC(=O)c2ccc(O)c(O)c2)C(C)N1. The van der Waals surface area contributed by atoms with E-state index < -0.39 is 0 Å². The molecule has 3 atom stereocenters. The predicted octanol–water partition coefficient (Wildman–Crippen LogP) is 1.36. The third-order valence-corrected chi connectivity index (χ3v) is 3.62. The fraction of sp³-hybridized carbons (Fsp3) is 0.500. The van der Waals surface area contributed by atoms with Crippen molar-refractivity contribution in [3.05, 3.63) is 23.8 Å². The van der Waals surface area contributed by atoms with Gasteiger partial charge < -0.3 is 20.8 Å². The Kier molecular flexibility index (Phi) is 3.95. The van der Waals surface area contributed by atoms with Crippen LogP contribution in [0, 0.1) is 0 Å². The molecule has 0 radical (unpaired) electrons. The van der Waals surface area contributed by atoms with Crippen LogP contribution in [-0.2, 0) is 0 Å². The number of carbonyl (C=O) groups excluding carboxylic acids is 1. The Hall–Kier alpha value is -1.75. The maximum Gasteiger partial charge on any atom is 0.251 e. The van der Waals surface area contributed by atoms with Crippen LogP contribution >= 0.6 is 0 Å². The van der Waals surface area contributed by atoms with Gasteiger partial charge in [0.2, 0.25) is 0 Å². The van der Waals surface area contributed by atoms with Crippen LogP contribution in [0.4, 0.5) is 0 Å². The summed E-state index contributed by atoms with van der Waals surface area (Å²) in [4.78, 5) is 12.1. The van der Waals surface area contributed by atoms with Crippen molar-refractivity contribution in [2.45, 2.75) is 44.8 Å². The molecule has 1 saturated heterocycles. The maximum absolute atomic E-state index is 12.1. The Morgan fingerprint density at radius 3 is 2.63 bits per heavy atom. The van der Waals surface area contributed by atoms with E-state index in [0.717, 1.165) is 12.8 Å². The fourth-order valence-corrected chi connectivity index (χ4v) is 2.44. The molecule has 0 aliphatic carbocycles. The predicted molar refractivity (Wildman–Crippen MR) is 72.3 cm³/mol. The smallest absolute Gasteiger partial charge is 0.251 e. The molecule has 1 aliphatic heterocycles. The minimum atomic E-state index is -0.281. The van der Waals surface area contributed by atoms with E-state index in [4.69, 9.17) is 0 Å². The first-order valence-corrected chi connectivity index (χ1v) is 6.56. The van der Waals surface area contributed by atoms with Crippen molar-refractivity contribution in [3.63, 3.8) is 0 Å². The van der Waals surface area contributed by atoms with Crippen LogP contribution in [0.2, 0.25) is 0 Å². The van der Waals surface area contributed by atoms with Crippen LogP contribution in [0.15, 0.2) is 18.2 Å². The molecule has 1 aromatic carbocycles. The molecule has 0 saturated carbocycles. The summed E-state index contributed by atoms with van der Waals surface area (Å²) in [6.07, 6.45) is 1.96. The first-order valence-electron chi connectivity index (χ1n) is 6.56. The molecular weight excluding hydrogens is 244 g/mol. The van der Waals surface area contributed by atoms with Crippen molar-refractivity contribution in [2.75, 3.05) is 0 Å². The summed E-state index contributed by atoms with van der Waals surface area (Å²) in [5.41, 5.74) is 0.348. The maximum atomic E-state index is 12.1. The molecule has 3 unspecified atom stereocenters. The highest BCUT2D eigenvalue weighted by Crippen LogP contribution is 2.25. The van der Waals surface area contributed by atoms with Crippen molar-refractivity contribution >= 4 is 5.91 Å². The van der Waals surface area contributed by atoms with Crippen molar-refractivity contribution in [1.82, 2.24) is 10.6 Å². The third-order valence-electron chi connectivity index (χ3n) is 3.62. The van der Waals surface area contributed by atoms with Gasteiger partial charge in [-0.05, 0) is 44.9 Å². The van der Waals surface area contributed by atoms with Gasteiger partial charge >= 0.3 is 0 Å². The van der Waals surface area contributed by atoms with Crippen molar-refractivity contribution in [3.8, 4) is 11.5 Å². The van der Waals surface area contributed by atoms with Gasteiger partial charge in [-0.1, -0.05) is 0 Å². The molecule has 5 nitrogen and oxygen atoms in total. The quantitative estimate of drug-likeness (QED) is 0.608. The first kappa shape index (κ1) is 13.7. The van der Waals surface area contributed by atoms with Crippen molar-refractivity contribution in [2.24, 2.45) is 0 Å². The lowest BCUT2D eigenvalue weighted by atomic mass is 9.95. The zero-order valence-electron chi connectivity index (χ0n) is 11.2. The van der Waals surface area contributed by atoms with Gasteiger partial charge in [0, 0.05) is 23.7 Å². The van der Waals surface area contributed by atoms with Crippen LogP contribution in [-0.4, -0.2) is 34.2 Å². The Morgan fingerprint density at radius 1 is 1.26 bits per heavy atom. The number of nitrogens with one attached hydrogen (secondary N) is 2. The normalized spacial score (nSPS) is 26.9. The zero-order valence-corrected chi connectivity index (χ0v) is 11.2. The Labute approximate surface area is 112 Å². The minimum absolute atomic E-state index is 0.0830. The molecule has 4 N–H and O–H groups in total. The van der Waals surface area contributed by atoms with Crippen LogP contribution in [0.25, 0.3) is 0 Å². The second-order valence-corrected chi connectivity index (χ2v) is 5.22. The molecule has 0 spiro atoms. The molecule has 2 rings (SSSR count). The number of hydrogen-bond acceptors (Lipinski definition) is 4. The highest BCUT2D eigenvalue weighted by atomic mass is 16.3. The van der Waals surface area contributed by atoms with E-state index in [9.17, 15) is 15.0 Å². The molecule has 104 valence electrons. The summed E-state index contributed by atoms with van der Waals surface area (Å²) in [6.45, 7) is 4.18. The highest BCUT2D eigenvalue weighted by Gasteiger charge is 2.26. The second kappa shape index (κ2) is 5.48. The van der Waals surface area contributed by atoms with Gasteiger partial charge in [0.25, 0.3) is 5.91 Å². The van der Waals surface area contributed by atoms with Gasteiger partial charge in [0.05, 0.1) is 0 Å². The number of carbonyl (C=O) groups is 1. The van der Waals surface area contributed by atoms with Crippen molar-refractivity contribution in [1.29, 1.82) is 0 Å². The van der Waals surface area contributed by atoms with Crippen molar-refractivity contribution < 1.29 is 15.0 Å². The summed E-state index contributed by atoms with van der Waals surface area (Å²) >= 11 is 0. The number of phenolic OH excluding ortho intramolecular Hbond substituents is 2. The Balaban J connectivity index is 2.02. The number of amides is 1. The van der Waals surface area contributed by atoms with E-state index >= 15 is 0 Å². The topological polar surface area (TPSA) is 81.6 Å². The number of piperidine rings is 1. The largest absolute Gasteiger partial charge is 0.504 e. The number of benzene rings is 1. The molecule has 1 aromatic rings. The minimum Gasteiger partial charge on any atom is -0.504 e. The van der Waals surface area contributed by atoms with E-state index in [1.165, 1.54) is 18.2 Å². The lowest BCUT2D eigenvalue weighted by Gasteiger charge is -2.34. The standard InChI is InChI=1S/C14H20N2O3/c1-8-3-5-11(9(2)15-8)16-14(19)10-4-6-12(17)13(18)7-10/h4,6-9,11,15,17-18H,3,5H2,1-2H3,(H,16,19). The van der Waals surface area contributed by atoms with Crippen LogP contribution in [0.1, 0.15) is 37.0 Å². The highest BCUT2D eigenvalue weighted by molar-refractivity contribution is 5.95. The first-order chi connectivity index (χ1) is 8.97. The van der Waals surface area contributed by atoms with Gasteiger partial charge in [-0.15, -0.1) is 0 Å². The number of aromatic hydroxyl groups is 2. The molecule has 1 aliphatic rings. The molecule has 5 heteroatoms. The number of phenols is 2. The van der Waals surface area contributed by atoms with Gasteiger partial charge in [-0.25, -0.2) is 0 Å². The summed E-state index contributed by atoms with van der Waals surface area (Å²) in [6, 6.07) is 4.86. The molecule has 1 amide bonds. The Morgan fingerprint density at radius 2 is 2.00 bits per heavy atom. The van der Waals surface area contributed by atoms with Gasteiger partial charge in [-0.2, -0.15) is 0 Å². The third kappa shape index (κ3) is 3.17. The summed E-state index contributed by atoms with van der Waals surface area (Å²) in [5, 5.41) is 25.0. The number of hydrogen-bond donors (Lipinski definition) is 4. The van der Waals surface area contributed by atoms with E-state index in [0.29, 0.717) is 11.6 Å². The van der Waals surface area contributed by atoms with Crippen LogP contribution in [0.3, 0.4) is 0 Å². The molecule has 1 heterocycles. The zero-order chi connectivity index (χ0) is 14.0. The van der Waals surface area contributed by atoms with Gasteiger partial charge in [0.1, 0.15) is 0 Å². The summed E-state index contributed by atoms with van der Waals surface area (Å²) in [7, 11) is 0. The van der Waals surface area contributed by atoms with Gasteiger partial charge in [0.15, 0.2) is 11.5 Å². The summed E-state index contributed by atoms with van der Waals surface area (Å²) < 4.78 is 0. The average Bonchev–Trinajstić information content (AvgIpc) is 2.36. The van der Waals surface area contributed by atoms with E-state index in [1.807, 2.05) is 0 Å². The lowest BCUT2D eigenvalue weighted by Crippen LogP contribution is -2.54. The molecule has 0 bridgehead atoms. The van der Waals surface area contributed by atoms with Crippen LogP contribution in [0.5, 0.6) is 11.5 Å². The monoisotopic (exact) mass is 264 g/mol. The summed E-state index contributed by atoms with van der Waals surface area (Å²) in [5.74, 6) is -0.738. The Bertz CT molecular complexity index is 476. The molecule has 0 aromatic heterocycles. The average molecular weight is 264 g/mol. The number of rotatable bonds is 2. The fourth-order valence-electron chi connectivity index (χ4n) is 2.44. The molecular formula is C14H20N2O3. The molecule has 19 heavy (non-hydrogen) atoms. The van der Waals surface area contributed by atoms with E-state index in [2.05, 4.69) is 24.5 Å². The second-order valence-electron chi connectivity index (χ2n) is 5.22. The van der Waals surface area contributed by atoms with E-state index in [1.54, 1.807) is 0 Å². The van der Waals surface area contributed by atoms with E-state index in [-0.39, 0.29) is 29.5 Å². The lowest BCUT2D eigenvalue weighted by molar-refractivity contribution is 0.0914. The van der Waals surface area contributed by atoms with Crippen LogP contribution < -0.4 is 10.6 Å². The van der Waals surface area contributed by atoms with Gasteiger partial charge in [-0.3, -0.25) is 4.79 Å².